The van der Waals surface area contributed by atoms with E-state index < -0.39 is 42.6 Å². The zero-order valence-electron chi connectivity index (χ0n) is 12.4. The third-order valence-corrected chi connectivity index (χ3v) is 3.49. The lowest BCUT2D eigenvalue weighted by Gasteiger charge is -2.30. The minimum atomic E-state index is -4.84. The molecule has 0 aromatic carbocycles. The van der Waals surface area contributed by atoms with Crippen molar-refractivity contribution in [2.45, 2.75) is 31.2 Å². The number of carboxylic acid groups (broad SMARTS) is 1. The summed E-state index contributed by atoms with van der Waals surface area (Å²) in [5.74, 6) is -1.86. The predicted molar refractivity (Wildman–Crippen MR) is 72.3 cm³/mol. The number of aliphatic hydroxyl groups is 2. The summed E-state index contributed by atoms with van der Waals surface area (Å²) in [6.45, 7) is -0.405. The molecule has 1 aliphatic rings. The van der Waals surface area contributed by atoms with Gasteiger partial charge in [0, 0.05) is 32.0 Å². The number of halogens is 3. The highest BCUT2D eigenvalue weighted by molar-refractivity contribution is 5.65. The first-order valence-electron chi connectivity index (χ1n) is 7.10. The molecule has 8 nitrogen and oxygen atoms in total. The molecule has 2 heterocycles. The van der Waals surface area contributed by atoms with Gasteiger partial charge in [-0.25, -0.2) is 9.78 Å². The number of piperidine rings is 1. The lowest BCUT2D eigenvalue weighted by atomic mass is 10.1. The Labute approximate surface area is 134 Å². The molecule has 0 saturated carbocycles. The Bertz CT molecular complexity index is 591. The number of rotatable bonds is 4. The van der Waals surface area contributed by atoms with Gasteiger partial charge in [0.25, 0.3) is 0 Å². The van der Waals surface area contributed by atoms with E-state index in [0.717, 1.165) is 6.07 Å². The van der Waals surface area contributed by atoms with Crippen molar-refractivity contribution in [1.29, 1.82) is 0 Å². The summed E-state index contributed by atoms with van der Waals surface area (Å²) >= 11 is 0. The Morgan fingerprint density at radius 3 is 2.50 bits per heavy atom. The van der Waals surface area contributed by atoms with Gasteiger partial charge in [0.05, 0.1) is 12.3 Å². The Kier molecular flexibility index (Phi) is 5.44. The van der Waals surface area contributed by atoms with Crippen LogP contribution in [0.3, 0.4) is 0 Å². The van der Waals surface area contributed by atoms with Gasteiger partial charge in [-0.3, -0.25) is 0 Å². The fraction of sp³-hybridized carbons (Fsp3) is 0.615. The van der Waals surface area contributed by atoms with Crippen molar-refractivity contribution in [3.8, 4) is 5.88 Å². The van der Waals surface area contributed by atoms with Crippen LogP contribution in [-0.4, -0.2) is 62.1 Å². The first-order valence-corrected chi connectivity index (χ1v) is 7.10. The number of amides is 1. The molecule has 0 bridgehead atoms. The number of ether oxygens (including phenoxy) is 1. The maximum atomic E-state index is 12.8. The van der Waals surface area contributed by atoms with Crippen LogP contribution in [0.4, 0.5) is 18.0 Å². The first-order chi connectivity index (χ1) is 11.2. The van der Waals surface area contributed by atoms with Crippen molar-refractivity contribution >= 4 is 6.09 Å². The van der Waals surface area contributed by atoms with Gasteiger partial charge in [0.1, 0.15) is 12.2 Å². The van der Waals surface area contributed by atoms with Gasteiger partial charge in [-0.2, -0.15) is 18.2 Å². The van der Waals surface area contributed by atoms with Crippen LogP contribution >= 0.6 is 0 Å². The number of carbonyl (C=O) groups is 1. The maximum Gasteiger partial charge on any atom is 0.451 e. The highest BCUT2D eigenvalue weighted by Crippen LogP contribution is 2.30. The van der Waals surface area contributed by atoms with Gasteiger partial charge in [-0.15, -0.1) is 0 Å². The monoisotopic (exact) mass is 351 g/mol. The normalized spacial score (nSPS) is 17.6. The van der Waals surface area contributed by atoms with Crippen LogP contribution < -0.4 is 4.74 Å². The maximum absolute atomic E-state index is 12.8. The summed E-state index contributed by atoms with van der Waals surface area (Å²) in [7, 11) is 0. The molecule has 134 valence electrons. The van der Waals surface area contributed by atoms with Crippen LogP contribution in [0.15, 0.2) is 6.07 Å². The summed E-state index contributed by atoms with van der Waals surface area (Å²) in [5.41, 5.74) is -0.405. The van der Waals surface area contributed by atoms with Gasteiger partial charge in [0.2, 0.25) is 11.7 Å². The third kappa shape index (κ3) is 4.45. The van der Waals surface area contributed by atoms with Crippen molar-refractivity contribution in [1.82, 2.24) is 14.9 Å². The van der Waals surface area contributed by atoms with E-state index in [2.05, 4.69) is 9.97 Å². The Morgan fingerprint density at radius 2 is 2.00 bits per heavy atom. The third-order valence-electron chi connectivity index (χ3n) is 3.49. The molecule has 1 fully saturated rings. The van der Waals surface area contributed by atoms with Gasteiger partial charge in [0.15, 0.2) is 0 Å². The molecular formula is C13H16F3N3O5. The number of alkyl halides is 3. The van der Waals surface area contributed by atoms with Crippen LogP contribution in [0.5, 0.6) is 5.88 Å². The van der Waals surface area contributed by atoms with E-state index in [1.807, 2.05) is 0 Å². The van der Waals surface area contributed by atoms with E-state index in [4.69, 9.17) is 14.9 Å². The highest BCUT2D eigenvalue weighted by Gasteiger charge is 2.36. The van der Waals surface area contributed by atoms with Crippen LogP contribution in [0.1, 0.15) is 30.5 Å². The summed E-state index contributed by atoms with van der Waals surface area (Å²) in [6.07, 6.45) is -7.40. The summed E-state index contributed by atoms with van der Waals surface area (Å²) < 4.78 is 43.9. The SMILES string of the molecule is O=C(O)N1CCC(Oc2cc(C(O)CO)nc(C(F)(F)F)n2)CC1. The standard InChI is InChI=1S/C13H16F3N3O5/c14-13(15,16)11-17-8(9(21)6-20)5-10(18-11)24-7-1-3-19(4-2-7)12(22)23/h5,7,9,20-21H,1-4,6H2,(H,22,23). The van der Waals surface area contributed by atoms with Crippen molar-refractivity contribution in [2.75, 3.05) is 19.7 Å². The molecule has 1 atom stereocenters. The number of aromatic nitrogens is 2. The zero-order valence-corrected chi connectivity index (χ0v) is 12.4. The van der Waals surface area contributed by atoms with Crippen LogP contribution in [0, 0.1) is 0 Å². The van der Waals surface area contributed by atoms with Crippen LogP contribution in [0.2, 0.25) is 0 Å². The van der Waals surface area contributed by atoms with Crippen LogP contribution in [0.25, 0.3) is 0 Å². The molecule has 24 heavy (non-hydrogen) atoms. The Balaban J connectivity index is 2.16. The van der Waals surface area contributed by atoms with Crippen molar-refractivity contribution < 1.29 is 38.0 Å². The minimum absolute atomic E-state index is 0.198. The highest BCUT2D eigenvalue weighted by atomic mass is 19.4. The molecule has 11 heteroatoms. The van der Waals surface area contributed by atoms with Crippen molar-refractivity contribution in [3.05, 3.63) is 17.6 Å². The smallest absolute Gasteiger partial charge is 0.451 e. The zero-order chi connectivity index (χ0) is 17.9. The van der Waals surface area contributed by atoms with E-state index in [-0.39, 0.29) is 19.0 Å². The molecular weight excluding hydrogens is 335 g/mol. The molecule has 1 saturated heterocycles. The molecule has 2 rings (SSSR count). The van der Waals surface area contributed by atoms with Crippen molar-refractivity contribution in [2.24, 2.45) is 0 Å². The van der Waals surface area contributed by atoms with Crippen LogP contribution in [-0.2, 0) is 6.18 Å². The van der Waals surface area contributed by atoms with E-state index in [1.54, 1.807) is 0 Å². The predicted octanol–water partition coefficient (Wildman–Crippen LogP) is 1.04. The van der Waals surface area contributed by atoms with Gasteiger partial charge < -0.3 is 25.0 Å². The quantitative estimate of drug-likeness (QED) is 0.742. The van der Waals surface area contributed by atoms with E-state index in [1.165, 1.54) is 4.90 Å². The van der Waals surface area contributed by atoms with Crippen molar-refractivity contribution in [3.63, 3.8) is 0 Å². The molecule has 1 aromatic heterocycles. The Hall–Kier alpha value is -2.14. The fourth-order valence-corrected chi connectivity index (χ4v) is 2.23. The molecule has 1 unspecified atom stereocenters. The number of aliphatic hydroxyl groups excluding tert-OH is 2. The second kappa shape index (κ2) is 7.18. The van der Waals surface area contributed by atoms with E-state index in [0.29, 0.717) is 12.8 Å². The Morgan fingerprint density at radius 1 is 1.38 bits per heavy atom. The summed E-state index contributed by atoms with van der Waals surface area (Å²) in [6, 6.07) is 1.03. The number of nitrogens with zero attached hydrogens (tertiary/aromatic N) is 3. The van der Waals surface area contributed by atoms with Gasteiger partial charge in [-0.05, 0) is 0 Å². The second-order valence-corrected chi connectivity index (χ2v) is 5.24. The van der Waals surface area contributed by atoms with E-state index in [9.17, 15) is 23.1 Å². The lowest BCUT2D eigenvalue weighted by Crippen LogP contribution is -2.41. The molecule has 1 aliphatic heterocycles. The molecule has 0 radical (unpaired) electrons. The van der Waals surface area contributed by atoms with Gasteiger partial charge >= 0.3 is 12.3 Å². The average molecular weight is 351 g/mol. The average Bonchev–Trinajstić information content (AvgIpc) is 2.53. The second-order valence-electron chi connectivity index (χ2n) is 5.24. The fourth-order valence-electron chi connectivity index (χ4n) is 2.23. The summed E-state index contributed by atoms with van der Waals surface area (Å²) in [5, 5.41) is 27.2. The minimum Gasteiger partial charge on any atom is -0.474 e. The van der Waals surface area contributed by atoms with E-state index >= 15 is 0 Å². The molecule has 1 amide bonds. The molecule has 0 aliphatic carbocycles. The first kappa shape index (κ1) is 18.2. The molecule has 3 N–H and O–H groups in total. The largest absolute Gasteiger partial charge is 0.474 e. The van der Waals surface area contributed by atoms with Gasteiger partial charge in [-0.1, -0.05) is 0 Å². The molecule has 1 aromatic rings. The summed E-state index contributed by atoms with van der Waals surface area (Å²) in [4.78, 5) is 18.5. The topological polar surface area (TPSA) is 116 Å². The lowest BCUT2D eigenvalue weighted by molar-refractivity contribution is -0.145. The molecule has 0 spiro atoms. The number of hydrogen-bond acceptors (Lipinski definition) is 6. The number of hydrogen-bond donors (Lipinski definition) is 3. The number of likely N-dealkylation sites (tertiary alicyclic amines) is 1.